The van der Waals surface area contributed by atoms with E-state index in [2.05, 4.69) is 20.4 Å². The Bertz CT molecular complexity index is 769. The summed E-state index contributed by atoms with van der Waals surface area (Å²) in [5.74, 6) is 0.450. The van der Waals surface area contributed by atoms with Gasteiger partial charge in [-0.05, 0) is 35.4 Å². The predicted octanol–water partition coefficient (Wildman–Crippen LogP) is 3.83. The van der Waals surface area contributed by atoms with Crippen LogP contribution in [0.4, 0.5) is 14.9 Å². The Morgan fingerprint density at radius 3 is 2.48 bits per heavy atom. The maximum absolute atomic E-state index is 13.3. The van der Waals surface area contributed by atoms with E-state index in [9.17, 15) is 9.18 Å². The van der Waals surface area contributed by atoms with E-state index in [4.69, 9.17) is 0 Å². The molecule has 2 aromatic rings. The molecule has 146 valence electrons. The van der Waals surface area contributed by atoms with Crippen molar-refractivity contribution in [3.8, 4) is 0 Å². The van der Waals surface area contributed by atoms with Crippen molar-refractivity contribution in [1.29, 1.82) is 0 Å². The van der Waals surface area contributed by atoms with Gasteiger partial charge in [0, 0.05) is 32.9 Å². The molecule has 6 nitrogen and oxygen atoms in total. The van der Waals surface area contributed by atoms with E-state index < -0.39 is 6.09 Å². The summed E-state index contributed by atoms with van der Waals surface area (Å²) >= 11 is 0. The number of guanidine groups is 1. The Balaban J connectivity index is 0.00000364. The highest BCUT2D eigenvalue weighted by Crippen LogP contribution is 2.10. The number of nitrogens with one attached hydrogen (secondary N) is 2. The van der Waals surface area contributed by atoms with Gasteiger partial charge in [-0.2, -0.15) is 0 Å². The van der Waals surface area contributed by atoms with Gasteiger partial charge < -0.3 is 15.0 Å². The Kier molecular flexibility index (Phi) is 9.55. The lowest BCUT2D eigenvalue weighted by Crippen LogP contribution is -2.38. The number of aliphatic imine (C=N–C) groups is 1. The fraction of sp³-hybridized carbons (Fsp3) is 0.263. The van der Waals surface area contributed by atoms with Gasteiger partial charge in [-0.15, -0.1) is 24.0 Å². The van der Waals surface area contributed by atoms with Gasteiger partial charge in [0.25, 0.3) is 0 Å². The summed E-state index contributed by atoms with van der Waals surface area (Å²) < 4.78 is 17.9. The number of carbonyl (C=O) groups excluding carboxylic acids is 1. The molecule has 0 saturated carbocycles. The molecule has 0 aliphatic rings. The number of ether oxygens (including phenoxy) is 1. The molecule has 0 heterocycles. The maximum atomic E-state index is 13.3. The Morgan fingerprint density at radius 1 is 1.19 bits per heavy atom. The Morgan fingerprint density at radius 2 is 1.89 bits per heavy atom. The van der Waals surface area contributed by atoms with E-state index in [1.54, 1.807) is 25.2 Å². The highest BCUT2D eigenvalue weighted by Gasteiger charge is 2.07. The van der Waals surface area contributed by atoms with E-state index in [-0.39, 0.29) is 29.8 Å². The van der Waals surface area contributed by atoms with Gasteiger partial charge in [-0.25, -0.2) is 9.18 Å². The number of hydrogen-bond donors (Lipinski definition) is 2. The van der Waals surface area contributed by atoms with Crippen molar-refractivity contribution in [3.05, 3.63) is 65.5 Å². The number of amides is 1. The van der Waals surface area contributed by atoms with Crippen molar-refractivity contribution in [1.82, 2.24) is 10.2 Å². The molecule has 2 N–H and O–H groups in total. The van der Waals surface area contributed by atoms with Gasteiger partial charge in [0.1, 0.15) is 5.82 Å². The fourth-order valence-electron chi connectivity index (χ4n) is 2.42. The molecule has 0 bridgehead atoms. The van der Waals surface area contributed by atoms with Gasteiger partial charge in [0.15, 0.2) is 5.96 Å². The molecule has 0 spiro atoms. The third-order valence-electron chi connectivity index (χ3n) is 3.72. The van der Waals surface area contributed by atoms with Crippen LogP contribution in [0.1, 0.15) is 11.1 Å². The van der Waals surface area contributed by atoms with Crippen LogP contribution < -0.4 is 10.6 Å². The molecule has 1 amide bonds. The Hall–Kier alpha value is -2.36. The van der Waals surface area contributed by atoms with Crippen LogP contribution in [0.25, 0.3) is 0 Å². The average molecular weight is 486 g/mol. The van der Waals surface area contributed by atoms with Crippen LogP contribution in [0.3, 0.4) is 0 Å². The largest absolute Gasteiger partial charge is 0.453 e. The summed E-state index contributed by atoms with van der Waals surface area (Å²) in [4.78, 5) is 17.3. The van der Waals surface area contributed by atoms with Gasteiger partial charge >= 0.3 is 6.09 Å². The Labute approximate surface area is 175 Å². The van der Waals surface area contributed by atoms with Crippen LogP contribution in [-0.4, -0.2) is 38.2 Å². The number of hydrogen-bond acceptors (Lipinski definition) is 3. The van der Waals surface area contributed by atoms with Crippen LogP contribution in [0.2, 0.25) is 0 Å². The summed E-state index contributed by atoms with van der Waals surface area (Å²) in [6.07, 6.45) is -0.504. The van der Waals surface area contributed by atoms with Gasteiger partial charge in [0.05, 0.1) is 7.11 Å². The van der Waals surface area contributed by atoms with Gasteiger partial charge in [0.2, 0.25) is 0 Å². The number of rotatable bonds is 5. The number of benzene rings is 2. The van der Waals surface area contributed by atoms with Crippen LogP contribution in [0, 0.1) is 5.82 Å². The quantitative estimate of drug-likeness (QED) is 0.383. The van der Waals surface area contributed by atoms with Crippen molar-refractivity contribution in [2.75, 3.05) is 26.5 Å². The maximum Gasteiger partial charge on any atom is 0.411 e. The monoisotopic (exact) mass is 486 g/mol. The van der Waals surface area contributed by atoms with Crippen LogP contribution in [-0.2, 0) is 17.8 Å². The van der Waals surface area contributed by atoms with E-state index in [1.807, 2.05) is 30.1 Å². The summed E-state index contributed by atoms with van der Waals surface area (Å²) in [6, 6.07) is 13.9. The number of nitrogens with zero attached hydrogens (tertiary/aromatic N) is 2. The lowest BCUT2D eigenvalue weighted by Gasteiger charge is -2.22. The lowest BCUT2D eigenvalue weighted by molar-refractivity contribution is 0.187. The predicted molar refractivity (Wildman–Crippen MR) is 116 cm³/mol. The molecule has 0 radical (unpaired) electrons. The zero-order chi connectivity index (χ0) is 18.9. The van der Waals surface area contributed by atoms with E-state index >= 15 is 0 Å². The molecule has 8 heteroatoms. The zero-order valence-corrected chi connectivity index (χ0v) is 17.9. The molecule has 0 aliphatic carbocycles. The van der Waals surface area contributed by atoms with Crippen LogP contribution in [0.15, 0.2) is 53.5 Å². The van der Waals surface area contributed by atoms with Crippen molar-refractivity contribution in [3.63, 3.8) is 0 Å². The molecule has 2 rings (SSSR count). The van der Waals surface area contributed by atoms with Crippen molar-refractivity contribution < 1.29 is 13.9 Å². The average Bonchev–Trinajstić information content (AvgIpc) is 2.63. The van der Waals surface area contributed by atoms with E-state index in [1.165, 1.54) is 19.2 Å². The molecular weight excluding hydrogens is 462 g/mol. The number of methoxy groups -OCH3 is 1. The summed E-state index contributed by atoms with van der Waals surface area (Å²) in [7, 11) is 4.91. The number of halogens is 2. The van der Waals surface area contributed by atoms with Gasteiger partial charge in [-0.1, -0.05) is 24.3 Å². The standard InChI is InChI=1S/C19H23FN4O2.HI/c1-21-18(24(2)13-15-5-4-6-16(20)11-15)22-12-14-7-9-17(10-8-14)23-19(25)26-3;/h4-11H,12-13H2,1-3H3,(H,21,22)(H,23,25);1H. The summed E-state index contributed by atoms with van der Waals surface area (Å²) in [6.45, 7) is 1.11. The second-order valence-corrected chi connectivity index (χ2v) is 5.70. The minimum absolute atomic E-state index is 0. The fourth-order valence-corrected chi connectivity index (χ4v) is 2.42. The lowest BCUT2D eigenvalue weighted by atomic mass is 10.2. The van der Waals surface area contributed by atoms with Crippen molar-refractivity contribution in [2.24, 2.45) is 4.99 Å². The smallest absolute Gasteiger partial charge is 0.411 e. The third-order valence-corrected chi connectivity index (χ3v) is 3.72. The topological polar surface area (TPSA) is 66.0 Å². The zero-order valence-electron chi connectivity index (χ0n) is 15.5. The number of anilines is 1. The van der Waals surface area contributed by atoms with Crippen molar-refractivity contribution >= 4 is 41.7 Å². The SMILES string of the molecule is CN=C(NCc1ccc(NC(=O)OC)cc1)N(C)Cc1cccc(F)c1.I. The molecule has 0 fully saturated rings. The normalized spacial score (nSPS) is 10.6. The first-order valence-corrected chi connectivity index (χ1v) is 8.12. The molecule has 2 aromatic carbocycles. The molecule has 0 aliphatic heterocycles. The highest BCUT2D eigenvalue weighted by molar-refractivity contribution is 14.0. The minimum Gasteiger partial charge on any atom is -0.453 e. The second kappa shape index (κ2) is 11.4. The van der Waals surface area contributed by atoms with E-state index in [0.29, 0.717) is 24.7 Å². The first-order chi connectivity index (χ1) is 12.5. The molecular formula is C19H24FIN4O2. The minimum atomic E-state index is -0.504. The van der Waals surface area contributed by atoms with Crippen LogP contribution >= 0.6 is 24.0 Å². The van der Waals surface area contributed by atoms with Gasteiger partial charge in [-0.3, -0.25) is 10.3 Å². The molecule has 27 heavy (non-hydrogen) atoms. The summed E-state index contributed by atoms with van der Waals surface area (Å²) in [5.41, 5.74) is 2.56. The highest BCUT2D eigenvalue weighted by atomic mass is 127. The number of carbonyl (C=O) groups is 1. The van der Waals surface area contributed by atoms with Crippen molar-refractivity contribution in [2.45, 2.75) is 13.1 Å². The molecule has 0 saturated heterocycles. The second-order valence-electron chi connectivity index (χ2n) is 5.70. The van der Waals surface area contributed by atoms with E-state index in [0.717, 1.165) is 11.1 Å². The summed E-state index contributed by atoms with van der Waals surface area (Å²) in [5, 5.41) is 5.86. The first-order valence-electron chi connectivity index (χ1n) is 8.12. The first kappa shape index (κ1) is 22.7. The molecule has 0 atom stereocenters. The molecule has 0 aromatic heterocycles. The molecule has 0 unspecified atom stereocenters. The third kappa shape index (κ3) is 7.41. The van der Waals surface area contributed by atoms with Crippen LogP contribution in [0.5, 0.6) is 0 Å².